The highest BCUT2D eigenvalue weighted by Crippen LogP contribution is 2.19. The number of aryl methyl sites for hydroxylation is 1. The van der Waals surface area contributed by atoms with Gasteiger partial charge in [-0.2, -0.15) is 0 Å². The second-order valence-corrected chi connectivity index (χ2v) is 5.12. The number of hydrogen-bond donors (Lipinski definition) is 2. The van der Waals surface area contributed by atoms with Crippen molar-refractivity contribution in [2.24, 2.45) is 5.73 Å². The van der Waals surface area contributed by atoms with Gasteiger partial charge >= 0.3 is 0 Å². The molecule has 82 valence electrons. The van der Waals surface area contributed by atoms with Crippen LogP contribution in [0.25, 0.3) is 0 Å². The number of rotatable bonds is 4. The SMILES string of the molecule is CC#Cc1ccc(CCC(C)(N)CO)s1. The molecule has 0 aliphatic heterocycles. The summed E-state index contributed by atoms with van der Waals surface area (Å²) >= 11 is 1.70. The summed E-state index contributed by atoms with van der Waals surface area (Å²) in [7, 11) is 0. The van der Waals surface area contributed by atoms with Gasteiger partial charge in [0.05, 0.1) is 11.5 Å². The predicted octanol–water partition coefficient (Wildman–Crippen LogP) is 1.76. The molecule has 1 rings (SSSR count). The Labute approximate surface area is 95.1 Å². The summed E-state index contributed by atoms with van der Waals surface area (Å²) in [5.41, 5.74) is 5.38. The van der Waals surface area contributed by atoms with Gasteiger partial charge in [0.1, 0.15) is 0 Å². The van der Waals surface area contributed by atoms with Gasteiger partial charge in [0.15, 0.2) is 0 Å². The monoisotopic (exact) mass is 223 g/mol. The summed E-state index contributed by atoms with van der Waals surface area (Å²) in [5, 5.41) is 9.02. The Balaban J connectivity index is 2.53. The number of nitrogens with two attached hydrogens (primary N) is 1. The summed E-state index contributed by atoms with van der Waals surface area (Å²) in [5.74, 6) is 5.90. The highest BCUT2D eigenvalue weighted by molar-refractivity contribution is 7.12. The molecule has 0 radical (unpaired) electrons. The molecule has 3 N–H and O–H groups in total. The van der Waals surface area contributed by atoms with Gasteiger partial charge in [0.2, 0.25) is 0 Å². The van der Waals surface area contributed by atoms with Gasteiger partial charge in [-0.1, -0.05) is 5.92 Å². The third-order valence-corrected chi connectivity index (χ3v) is 3.27. The molecule has 2 nitrogen and oxygen atoms in total. The number of aliphatic hydroxyl groups excluding tert-OH is 1. The normalized spacial score (nSPS) is 14.1. The van der Waals surface area contributed by atoms with Crippen molar-refractivity contribution in [3.63, 3.8) is 0 Å². The summed E-state index contributed by atoms with van der Waals surface area (Å²) in [6.45, 7) is 3.73. The highest BCUT2D eigenvalue weighted by atomic mass is 32.1. The van der Waals surface area contributed by atoms with E-state index in [1.807, 2.05) is 19.9 Å². The lowest BCUT2D eigenvalue weighted by Gasteiger charge is -2.20. The lowest BCUT2D eigenvalue weighted by atomic mass is 9.98. The van der Waals surface area contributed by atoms with E-state index in [1.54, 1.807) is 11.3 Å². The lowest BCUT2D eigenvalue weighted by Crippen LogP contribution is -2.40. The molecule has 0 spiro atoms. The van der Waals surface area contributed by atoms with Gasteiger partial charge in [-0.05, 0) is 38.8 Å². The zero-order valence-corrected chi connectivity index (χ0v) is 10.0. The van der Waals surface area contributed by atoms with E-state index in [4.69, 9.17) is 10.8 Å². The fraction of sp³-hybridized carbons (Fsp3) is 0.500. The van der Waals surface area contributed by atoms with Crippen LogP contribution in [0.15, 0.2) is 12.1 Å². The maximum absolute atomic E-state index is 9.02. The number of thiophene rings is 1. The molecular formula is C12H17NOS. The maximum atomic E-state index is 9.02. The number of aliphatic hydroxyl groups is 1. The van der Waals surface area contributed by atoms with E-state index in [2.05, 4.69) is 17.9 Å². The molecule has 0 aliphatic rings. The van der Waals surface area contributed by atoms with Crippen molar-refractivity contribution >= 4 is 11.3 Å². The molecule has 3 heteroatoms. The summed E-state index contributed by atoms with van der Waals surface area (Å²) < 4.78 is 0. The van der Waals surface area contributed by atoms with Crippen molar-refractivity contribution < 1.29 is 5.11 Å². The molecule has 1 aromatic rings. The first-order chi connectivity index (χ1) is 7.07. The second-order valence-electron chi connectivity index (χ2n) is 3.95. The zero-order chi connectivity index (χ0) is 11.3. The maximum Gasteiger partial charge on any atom is 0.0771 e. The fourth-order valence-electron chi connectivity index (χ4n) is 1.19. The molecule has 0 saturated heterocycles. The standard InChI is InChI=1S/C12H17NOS/c1-3-4-10-5-6-11(15-10)7-8-12(2,13)9-14/h5-6,14H,7-9,13H2,1-2H3. The fourth-order valence-corrected chi connectivity index (χ4v) is 2.10. The van der Waals surface area contributed by atoms with Crippen LogP contribution in [0.4, 0.5) is 0 Å². The molecule has 1 heterocycles. The number of hydrogen-bond acceptors (Lipinski definition) is 3. The molecule has 1 atom stereocenters. The van der Waals surface area contributed by atoms with E-state index >= 15 is 0 Å². The molecule has 0 saturated carbocycles. The summed E-state index contributed by atoms with van der Waals surface area (Å²) in [6, 6.07) is 4.11. The Morgan fingerprint density at radius 2 is 2.27 bits per heavy atom. The summed E-state index contributed by atoms with van der Waals surface area (Å²) in [4.78, 5) is 2.37. The van der Waals surface area contributed by atoms with E-state index in [-0.39, 0.29) is 6.61 Å². The van der Waals surface area contributed by atoms with Crippen LogP contribution in [-0.4, -0.2) is 17.3 Å². The van der Waals surface area contributed by atoms with E-state index in [1.165, 1.54) is 4.88 Å². The van der Waals surface area contributed by atoms with Crippen LogP contribution in [-0.2, 0) is 6.42 Å². The Morgan fingerprint density at radius 3 is 2.87 bits per heavy atom. The van der Waals surface area contributed by atoms with Crippen molar-refractivity contribution in [2.45, 2.75) is 32.2 Å². The first-order valence-electron chi connectivity index (χ1n) is 4.98. The molecular weight excluding hydrogens is 206 g/mol. The predicted molar refractivity (Wildman–Crippen MR) is 64.9 cm³/mol. The second kappa shape index (κ2) is 5.32. The van der Waals surface area contributed by atoms with E-state index < -0.39 is 5.54 Å². The molecule has 0 aromatic carbocycles. The average Bonchev–Trinajstić information content (AvgIpc) is 2.64. The molecule has 15 heavy (non-hydrogen) atoms. The highest BCUT2D eigenvalue weighted by Gasteiger charge is 2.16. The molecule has 1 aromatic heterocycles. The first kappa shape index (κ1) is 12.3. The smallest absolute Gasteiger partial charge is 0.0771 e. The Hall–Kier alpha value is -0.820. The van der Waals surface area contributed by atoms with Gasteiger partial charge in [0, 0.05) is 10.4 Å². The van der Waals surface area contributed by atoms with Crippen LogP contribution in [0.3, 0.4) is 0 Å². The Morgan fingerprint density at radius 1 is 1.53 bits per heavy atom. The van der Waals surface area contributed by atoms with E-state index in [0.29, 0.717) is 0 Å². The average molecular weight is 223 g/mol. The lowest BCUT2D eigenvalue weighted by molar-refractivity contribution is 0.201. The van der Waals surface area contributed by atoms with Crippen LogP contribution in [0.1, 0.15) is 30.0 Å². The van der Waals surface area contributed by atoms with Crippen molar-refractivity contribution in [1.29, 1.82) is 0 Å². The van der Waals surface area contributed by atoms with Crippen molar-refractivity contribution in [3.05, 3.63) is 21.9 Å². The largest absolute Gasteiger partial charge is 0.394 e. The van der Waals surface area contributed by atoms with Crippen molar-refractivity contribution in [3.8, 4) is 11.8 Å². The van der Waals surface area contributed by atoms with Gasteiger partial charge in [-0.3, -0.25) is 0 Å². The van der Waals surface area contributed by atoms with Crippen LogP contribution < -0.4 is 5.73 Å². The molecule has 1 unspecified atom stereocenters. The van der Waals surface area contributed by atoms with E-state index in [9.17, 15) is 0 Å². The van der Waals surface area contributed by atoms with Crippen LogP contribution in [0, 0.1) is 11.8 Å². The van der Waals surface area contributed by atoms with Crippen LogP contribution in [0.2, 0.25) is 0 Å². The zero-order valence-electron chi connectivity index (χ0n) is 9.21. The minimum atomic E-state index is -0.472. The first-order valence-corrected chi connectivity index (χ1v) is 5.80. The van der Waals surface area contributed by atoms with E-state index in [0.717, 1.165) is 17.7 Å². The summed E-state index contributed by atoms with van der Waals surface area (Å²) in [6.07, 6.45) is 1.70. The third-order valence-electron chi connectivity index (χ3n) is 2.21. The minimum Gasteiger partial charge on any atom is -0.394 e. The van der Waals surface area contributed by atoms with Crippen molar-refractivity contribution in [2.75, 3.05) is 6.61 Å². The van der Waals surface area contributed by atoms with Crippen molar-refractivity contribution in [1.82, 2.24) is 0 Å². The van der Waals surface area contributed by atoms with Gasteiger partial charge in [0.25, 0.3) is 0 Å². The molecule has 0 amide bonds. The third kappa shape index (κ3) is 4.05. The Bertz CT molecular complexity index is 370. The van der Waals surface area contributed by atoms with Gasteiger partial charge in [-0.15, -0.1) is 17.3 Å². The Kier molecular flexibility index (Phi) is 4.34. The van der Waals surface area contributed by atoms with Crippen LogP contribution >= 0.6 is 11.3 Å². The van der Waals surface area contributed by atoms with Gasteiger partial charge in [-0.25, -0.2) is 0 Å². The molecule has 0 aliphatic carbocycles. The minimum absolute atomic E-state index is 0.0278. The molecule has 0 bridgehead atoms. The van der Waals surface area contributed by atoms with Crippen LogP contribution in [0.5, 0.6) is 0 Å². The van der Waals surface area contributed by atoms with Gasteiger partial charge < -0.3 is 10.8 Å². The quantitative estimate of drug-likeness (QED) is 0.764. The topological polar surface area (TPSA) is 46.2 Å². The molecule has 0 fully saturated rings.